The van der Waals surface area contributed by atoms with Crippen molar-refractivity contribution in [2.45, 2.75) is 40.5 Å². The normalized spacial score (nSPS) is 11.1. The molecule has 0 aliphatic carbocycles. The second-order valence-corrected chi connectivity index (χ2v) is 3.68. The molecule has 1 aromatic rings. The summed E-state index contributed by atoms with van der Waals surface area (Å²) in [5.41, 5.74) is 5.74. The summed E-state index contributed by atoms with van der Waals surface area (Å²) in [6, 6.07) is 4.66. The van der Waals surface area contributed by atoms with Crippen molar-refractivity contribution in [3.8, 4) is 0 Å². The van der Waals surface area contributed by atoms with Crippen LogP contribution < -0.4 is 0 Å². The van der Waals surface area contributed by atoms with Gasteiger partial charge in [0.15, 0.2) is 0 Å². The maximum Gasteiger partial charge on any atom is -0.0225 e. The number of allylic oxidation sites excluding steroid dienone is 1. The third-order valence-corrected chi connectivity index (χ3v) is 2.71. The average Bonchev–Trinajstić information content (AvgIpc) is 2.20. The minimum Gasteiger partial charge on any atom is -0.0871 e. The standard InChI is InChI=1S/C14H20/c1-5-8-14-10-12(6-2)11(4)9-13(14)7-3/h5,8-10H,6-7H2,1-4H3/b8-5+. The van der Waals surface area contributed by atoms with E-state index in [2.05, 4.69) is 52.0 Å². The van der Waals surface area contributed by atoms with E-state index in [1.807, 2.05) is 0 Å². The molecule has 0 nitrogen and oxygen atoms in total. The summed E-state index contributed by atoms with van der Waals surface area (Å²) in [5.74, 6) is 0. The monoisotopic (exact) mass is 188 g/mol. The first kappa shape index (κ1) is 11.0. The van der Waals surface area contributed by atoms with Gasteiger partial charge in [-0.1, -0.05) is 38.1 Å². The summed E-state index contributed by atoms with van der Waals surface area (Å²) in [6.45, 7) is 8.71. The van der Waals surface area contributed by atoms with Crippen LogP contribution >= 0.6 is 0 Å². The van der Waals surface area contributed by atoms with Gasteiger partial charge in [0, 0.05) is 0 Å². The van der Waals surface area contributed by atoms with E-state index in [1.54, 1.807) is 0 Å². The smallest absolute Gasteiger partial charge is 0.0225 e. The lowest BCUT2D eigenvalue weighted by Gasteiger charge is -2.09. The zero-order valence-electron chi connectivity index (χ0n) is 9.72. The first-order valence-electron chi connectivity index (χ1n) is 5.48. The Balaban J connectivity index is 3.24. The number of benzene rings is 1. The Morgan fingerprint density at radius 1 is 1.07 bits per heavy atom. The summed E-state index contributed by atoms with van der Waals surface area (Å²) in [7, 11) is 0. The summed E-state index contributed by atoms with van der Waals surface area (Å²) in [5, 5.41) is 0. The SMILES string of the molecule is C/C=C/c1cc(CC)c(C)cc1CC. The molecule has 0 aromatic heterocycles. The average molecular weight is 188 g/mol. The fourth-order valence-electron chi connectivity index (χ4n) is 1.85. The quantitative estimate of drug-likeness (QED) is 0.668. The van der Waals surface area contributed by atoms with Crippen molar-refractivity contribution in [1.29, 1.82) is 0 Å². The number of hydrogen-bond acceptors (Lipinski definition) is 0. The summed E-state index contributed by atoms with van der Waals surface area (Å²) < 4.78 is 0. The van der Waals surface area contributed by atoms with Crippen LogP contribution in [0.5, 0.6) is 0 Å². The molecule has 76 valence electrons. The highest BCUT2D eigenvalue weighted by Crippen LogP contribution is 2.19. The molecular formula is C14H20. The lowest BCUT2D eigenvalue weighted by atomic mass is 9.96. The molecule has 0 heteroatoms. The van der Waals surface area contributed by atoms with E-state index in [0.29, 0.717) is 0 Å². The van der Waals surface area contributed by atoms with Crippen LogP contribution in [0.15, 0.2) is 18.2 Å². The van der Waals surface area contributed by atoms with Gasteiger partial charge in [-0.3, -0.25) is 0 Å². The molecule has 14 heavy (non-hydrogen) atoms. The minimum absolute atomic E-state index is 1.12. The van der Waals surface area contributed by atoms with Crippen molar-refractivity contribution in [3.63, 3.8) is 0 Å². The van der Waals surface area contributed by atoms with Gasteiger partial charge >= 0.3 is 0 Å². The predicted octanol–water partition coefficient (Wildman–Crippen LogP) is 4.15. The first-order valence-corrected chi connectivity index (χ1v) is 5.48. The molecule has 0 atom stereocenters. The van der Waals surface area contributed by atoms with E-state index in [0.717, 1.165) is 12.8 Å². The summed E-state index contributed by atoms with van der Waals surface area (Å²) in [4.78, 5) is 0. The lowest BCUT2D eigenvalue weighted by molar-refractivity contribution is 1.07. The minimum atomic E-state index is 1.12. The van der Waals surface area contributed by atoms with Gasteiger partial charge in [0.1, 0.15) is 0 Å². The molecule has 0 aliphatic heterocycles. The molecule has 0 bridgehead atoms. The maximum atomic E-state index is 2.33. The first-order chi connectivity index (χ1) is 6.72. The van der Waals surface area contributed by atoms with Crippen LogP contribution in [0.2, 0.25) is 0 Å². The van der Waals surface area contributed by atoms with Crippen molar-refractivity contribution < 1.29 is 0 Å². The number of hydrogen-bond donors (Lipinski definition) is 0. The fraction of sp³-hybridized carbons (Fsp3) is 0.429. The van der Waals surface area contributed by atoms with Crippen molar-refractivity contribution in [2.75, 3.05) is 0 Å². The van der Waals surface area contributed by atoms with E-state index in [1.165, 1.54) is 22.3 Å². The Hall–Kier alpha value is -1.04. The third-order valence-electron chi connectivity index (χ3n) is 2.71. The van der Waals surface area contributed by atoms with Crippen LogP contribution in [-0.4, -0.2) is 0 Å². The molecule has 1 aromatic carbocycles. The van der Waals surface area contributed by atoms with Gasteiger partial charge in [-0.25, -0.2) is 0 Å². The molecule has 0 fully saturated rings. The van der Waals surface area contributed by atoms with Crippen molar-refractivity contribution in [1.82, 2.24) is 0 Å². The topological polar surface area (TPSA) is 0 Å². The molecule has 0 unspecified atom stereocenters. The predicted molar refractivity (Wildman–Crippen MR) is 64.6 cm³/mol. The molecule has 0 spiro atoms. The highest BCUT2D eigenvalue weighted by atomic mass is 14.1. The van der Waals surface area contributed by atoms with Gasteiger partial charge in [0.25, 0.3) is 0 Å². The van der Waals surface area contributed by atoms with E-state index in [9.17, 15) is 0 Å². The third kappa shape index (κ3) is 2.25. The van der Waals surface area contributed by atoms with Crippen LogP contribution in [0.25, 0.3) is 6.08 Å². The van der Waals surface area contributed by atoms with Gasteiger partial charge in [-0.05, 0) is 48.9 Å². The van der Waals surface area contributed by atoms with Gasteiger partial charge in [-0.2, -0.15) is 0 Å². The Kier molecular flexibility index (Phi) is 3.94. The molecule has 0 heterocycles. The zero-order chi connectivity index (χ0) is 10.6. The molecule has 0 N–H and O–H groups in total. The summed E-state index contributed by atoms with van der Waals surface area (Å²) in [6.07, 6.45) is 6.56. The molecular weight excluding hydrogens is 168 g/mol. The molecule has 0 saturated heterocycles. The van der Waals surface area contributed by atoms with Crippen LogP contribution in [0.1, 0.15) is 43.0 Å². The van der Waals surface area contributed by atoms with Crippen LogP contribution in [0, 0.1) is 6.92 Å². The van der Waals surface area contributed by atoms with E-state index >= 15 is 0 Å². The van der Waals surface area contributed by atoms with Crippen molar-refractivity contribution >= 4 is 6.08 Å². The number of aryl methyl sites for hydroxylation is 3. The Morgan fingerprint density at radius 3 is 2.21 bits per heavy atom. The molecule has 1 rings (SSSR count). The fourth-order valence-corrected chi connectivity index (χ4v) is 1.85. The van der Waals surface area contributed by atoms with Gasteiger partial charge < -0.3 is 0 Å². The van der Waals surface area contributed by atoms with Gasteiger partial charge in [0.05, 0.1) is 0 Å². The Bertz CT molecular complexity index is 332. The molecule has 0 saturated carbocycles. The zero-order valence-corrected chi connectivity index (χ0v) is 9.72. The van der Waals surface area contributed by atoms with Crippen molar-refractivity contribution in [3.05, 3.63) is 40.5 Å². The molecule has 0 radical (unpaired) electrons. The maximum absolute atomic E-state index is 2.33. The lowest BCUT2D eigenvalue weighted by Crippen LogP contribution is -1.93. The Morgan fingerprint density at radius 2 is 1.71 bits per heavy atom. The van der Waals surface area contributed by atoms with Crippen LogP contribution in [0.3, 0.4) is 0 Å². The second kappa shape index (κ2) is 4.99. The van der Waals surface area contributed by atoms with Gasteiger partial charge in [-0.15, -0.1) is 0 Å². The molecule has 0 amide bonds. The van der Waals surface area contributed by atoms with E-state index in [4.69, 9.17) is 0 Å². The van der Waals surface area contributed by atoms with Crippen molar-refractivity contribution in [2.24, 2.45) is 0 Å². The number of rotatable bonds is 3. The van der Waals surface area contributed by atoms with E-state index < -0.39 is 0 Å². The van der Waals surface area contributed by atoms with Crippen LogP contribution in [0.4, 0.5) is 0 Å². The molecule has 0 aliphatic rings. The highest BCUT2D eigenvalue weighted by Gasteiger charge is 2.02. The second-order valence-electron chi connectivity index (χ2n) is 3.68. The van der Waals surface area contributed by atoms with E-state index in [-0.39, 0.29) is 0 Å². The van der Waals surface area contributed by atoms with Crippen LogP contribution in [-0.2, 0) is 12.8 Å². The van der Waals surface area contributed by atoms with Gasteiger partial charge in [0.2, 0.25) is 0 Å². The summed E-state index contributed by atoms with van der Waals surface area (Å²) >= 11 is 0. The Labute approximate surface area is 87.7 Å². The largest absolute Gasteiger partial charge is 0.0871 e. The highest BCUT2D eigenvalue weighted by molar-refractivity contribution is 5.56.